The Labute approximate surface area is 263 Å². The lowest BCUT2D eigenvalue weighted by molar-refractivity contribution is -0.157. The number of nitrogens with one attached hydrogen (secondary N) is 1. The number of rotatable bonds is 4. The number of hydrogen-bond acceptors (Lipinski definition) is 9. The summed E-state index contributed by atoms with van der Waals surface area (Å²) < 4.78 is 28.8. The molecule has 0 aromatic heterocycles. The molecule has 2 amide bonds. The Balaban J connectivity index is 1.80. The lowest BCUT2D eigenvalue weighted by Crippen LogP contribution is -2.63. The van der Waals surface area contributed by atoms with Crippen LogP contribution in [0.4, 0.5) is 10.5 Å². The molecular weight excluding hydrogens is 592 g/mol. The molecule has 1 aromatic rings. The van der Waals surface area contributed by atoms with Crippen LogP contribution in [-0.2, 0) is 35.0 Å². The number of hydrogen-bond donors (Lipinski definition) is 2. The van der Waals surface area contributed by atoms with E-state index in [9.17, 15) is 19.5 Å². The highest BCUT2D eigenvalue weighted by molar-refractivity contribution is 6.35. The molecule has 4 bridgehead atoms. The predicted molar refractivity (Wildman–Crippen MR) is 164 cm³/mol. The molecule has 2 saturated heterocycles. The van der Waals surface area contributed by atoms with Crippen molar-refractivity contribution in [2.75, 3.05) is 26.2 Å². The largest absolute Gasteiger partial charge is 0.495 e. The number of alkyl carbamates (subject to hydrolysis) is 1. The Bertz CT molecular complexity index is 1350. The van der Waals surface area contributed by atoms with Crippen molar-refractivity contribution in [1.29, 1.82) is 0 Å². The Morgan fingerprint density at radius 3 is 2.59 bits per heavy atom. The van der Waals surface area contributed by atoms with Crippen LogP contribution in [0.25, 0.3) is 0 Å². The number of epoxide rings is 1. The Hall–Kier alpha value is -3.12. The Kier molecular flexibility index (Phi) is 10.0. The zero-order valence-corrected chi connectivity index (χ0v) is 27.3. The fraction of sp³-hybridized carbons (Fsp3) is 0.594. The third-order valence-corrected chi connectivity index (χ3v) is 9.06. The van der Waals surface area contributed by atoms with Crippen molar-refractivity contribution in [2.45, 2.75) is 89.6 Å². The van der Waals surface area contributed by atoms with Crippen molar-refractivity contribution in [3.8, 4) is 5.75 Å². The first-order valence-electron chi connectivity index (χ1n) is 14.7. The van der Waals surface area contributed by atoms with E-state index < -0.39 is 59.6 Å². The minimum atomic E-state index is -1.77. The number of ether oxygens (including phenoxy) is 5. The maximum Gasteiger partial charge on any atom is 0.409 e. The van der Waals surface area contributed by atoms with Gasteiger partial charge < -0.3 is 33.7 Å². The molecule has 1 aromatic carbocycles. The molecule has 3 aliphatic rings. The number of fused-ring (bicyclic) bond motifs is 5. The zero-order valence-electron chi connectivity index (χ0n) is 26.5. The maximum atomic E-state index is 13.8. The number of anilines is 1. The summed E-state index contributed by atoms with van der Waals surface area (Å²) in [6.45, 7) is 8.95. The normalized spacial score (nSPS) is 34.7. The summed E-state index contributed by atoms with van der Waals surface area (Å²) in [6, 6.07) is 3.63. The molecule has 44 heavy (non-hydrogen) atoms. The average Bonchev–Trinajstić information content (AvgIpc) is 3.66. The van der Waals surface area contributed by atoms with Crippen molar-refractivity contribution < 1.29 is 43.2 Å². The maximum absolute atomic E-state index is 13.8. The van der Waals surface area contributed by atoms with Gasteiger partial charge in [0.05, 0.1) is 31.2 Å². The SMILES string of the molecule is COc1cc2cc(c1Cl)N(C)C(=O)C[C@H](OC(=O)C(C)C)C1(C)OC1[C@@H](C)C1C[C@@](O)(NC(=O)O1)[C@H](OC)/C=C/C=C(/C)C2. The van der Waals surface area contributed by atoms with Gasteiger partial charge in [-0.2, -0.15) is 0 Å². The molecule has 11 nitrogen and oxygen atoms in total. The number of carbonyl (C=O) groups excluding carboxylic acids is 3. The quantitative estimate of drug-likeness (QED) is 0.366. The standard InChI is InChI=1S/C32H43ClN2O9/c1-17(2)29(37)43-25-15-26(36)35(6)21-13-20(14-22(40-7)27(21)33)12-18(3)10-9-11-24(41-8)32(39)16-23(42-30(38)34-32)19(4)28-31(25,5)44-28/h9-11,13-14,17,19,23-25,28,39H,12,15-16H2,1-8H3,(H,34,38)/b11-9+,18-10-/t19-,23?,24+,25-,28?,31?,32-/m0/s1. The van der Waals surface area contributed by atoms with Gasteiger partial charge >= 0.3 is 12.1 Å². The van der Waals surface area contributed by atoms with Gasteiger partial charge in [0.1, 0.15) is 34.7 Å². The minimum absolute atomic E-state index is 0.00361. The number of nitrogens with zero attached hydrogens (tertiary/aromatic N) is 1. The molecule has 0 saturated carbocycles. The summed E-state index contributed by atoms with van der Waals surface area (Å²) in [4.78, 5) is 40.7. The first-order chi connectivity index (χ1) is 20.6. The van der Waals surface area contributed by atoms with Gasteiger partial charge in [0.2, 0.25) is 5.91 Å². The van der Waals surface area contributed by atoms with E-state index in [1.54, 1.807) is 40.0 Å². The van der Waals surface area contributed by atoms with Crippen LogP contribution in [0.15, 0.2) is 35.9 Å². The molecule has 3 heterocycles. The summed E-state index contributed by atoms with van der Waals surface area (Å²) in [5, 5.41) is 14.4. The number of halogens is 1. The second-order valence-electron chi connectivity index (χ2n) is 12.4. The molecule has 0 aliphatic carbocycles. The molecule has 3 unspecified atom stereocenters. The monoisotopic (exact) mass is 634 g/mol. The van der Waals surface area contributed by atoms with Crippen molar-refractivity contribution in [2.24, 2.45) is 11.8 Å². The Morgan fingerprint density at radius 2 is 1.95 bits per heavy atom. The third kappa shape index (κ3) is 6.91. The van der Waals surface area contributed by atoms with E-state index in [1.807, 2.05) is 32.1 Å². The average molecular weight is 635 g/mol. The van der Waals surface area contributed by atoms with Gasteiger partial charge in [-0.25, -0.2) is 4.79 Å². The summed E-state index contributed by atoms with van der Waals surface area (Å²) in [6.07, 6.45) is 1.65. The lowest BCUT2D eigenvalue weighted by Gasteiger charge is -2.42. The molecular formula is C32H43ClN2O9. The number of esters is 1. The van der Waals surface area contributed by atoms with E-state index >= 15 is 0 Å². The number of benzene rings is 1. The van der Waals surface area contributed by atoms with Gasteiger partial charge in [-0.05, 0) is 38.0 Å². The molecule has 2 N–H and O–H groups in total. The second-order valence-corrected chi connectivity index (χ2v) is 12.8. The van der Waals surface area contributed by atoms with Crippen LogP contribution in [0.2, 0.25) is 5.02 Å². The van der Waals surface area contributed by atoms with E-state index in [-0.39, 0.29) is 23.8 Å². The smallest absolute Gasteiger partial charge is 0.409 e. The molecule has 12 heteroatoms. The van der Waals surface area contributed by atoms with Crippen molar-refractivity contribution >= 4 is 35.3 Å². The highest BCUT2D eigenvalue weighted by Crippen LogP contribution is 2.49. The van der Waals surface area contributed by atoms with Crippen LogP contribution >= 0.6 is 11.6 Å². The van der Waals surface area contributed by atoms with Gasteiger partial charge in [0.25, 0.3) is 0 Å². The van der Waals surface area contributed by atoms with Crippen LogP contribution in [0.3, 0.4) is 0 Å². The van der Waals surface area contributed by atoms with Crippen molar-refractivity contribution in [1.82, 2.24) is 5.32 Å². The van der Waals surface area contributed by atoms with E-state index in [1.165, 1.54) is 19.1 Å². The van der Waals surface area contributed by atoms with Gasteiger partial charge in [0.15, 0.2) is 5.72 Å². The fourth-order valence-corrected chi connectivity index (χ4v) is 6.19. The molecule has 3 aliphatic heterocycles. The van der Waals surface area contributed by atoms with Crippen LogP contribution in [0.5, 0.6) is 5.75 Å². The topological polar surface area (TPSA) is 136 Å². The van der Waals surface area contributed by atoms with Gasteiger partial charge in [-0.3, -0.25) is 14.9 Å². The lowest BCUT2D eigenvalue weighted by atomic mass is 9.83. The van der Waals surface area contributed by atoms with Crippen LogP contribution in [0.1, 0.15) is 53.0 Å². The summed E-state index contributed by atoms with van der Waals surface area (Å²) in [5.41, 5.74) is -0.587. The summed E-state index contributed by atoms with van der Waals surface area (Å²) >= 11 is 6.68. The van der Waals surface area contributed by atoms with Crippen LogP contribution in [-0.4, -0.2) is 80.1 Å². The molecule has 0 spiro atoms. The third-order valence-electron chi connectivity index (χ3n) is 8.68. The van der Waals surface area contributed by atoms with E-state index in [0.717, 1.165) is 11.1 Å². The van der Waals surface area contributed by atoms with E-state index in [0.29, 0.717) is 17.9 Å². The second kappa shape index (κ2) is 13.1. The molecule has 2 fully saturated rings. The number of methoxy groups -OCH3 is 2. The molecule has 0 radical (unpaired) electrons. The van der Waals surface area contributed by atoms with Gasteiger partial charge in [0, 0.05) is 26.5 Å². The van der Waals surface area contributed by atoms with Crippen molar-refractivity contribution in [3.63, 3.8) is 0 Å². The summed E-state index contributed by atoms with van der Waals surface area (Å²) in [5.74, 6) is -1.30. The van der Waals surface area contributed by atoms with E-state index in [2.05, 4.69) is 5.32 Å². The highest BCUT2D eigenvalue weighted by atomic mass is 35.5. The Morgan fingerprint density at radius 1 is 1.25 bits per heavy atom. The number of carbonyl (C=O) groups is 3. The van der Waals surface area contributed by atoms with Crippen LogP contribution in [0, 0.1) is 11.8 Å². The molecule has 7 atom stereocenters. The number of aliphatic hydroxyl groups is 1. The zero-order chi connectivity index (χ0) is 32.6. The number of amides is 2. The van der Waals surface area contributed by atoms with Gasteiger partial charge in [-0.1, -0.05) is 56.2 Å². The molecule has 242 valence electrons. The predicted octanol–water partition coefficient (Wildman–Crippen LogP) is 4.32. The first-order valence-corrected chi connectivity index (χ1v) is 15.1. The van der Waals surface area contributed by atoms with Gasteiger partial charge in [-0.15, -0.1) is 0 Å². The molecule has 4 rings (SSSR count). The highest BCUT2D eigenvalue weighted by Gasteiger charge is 2.64. The van der Waals surface area contributed by atoms with Crippen molar-refractivity contribution in [3.05, 3.63) is 46.5 Å². The van der Waals surface area contributed by atoms with Crippen LogP contribution < -0.4 is 15.0 Å². The fourth-order valence-electron chi connectivity index (χ4n) is 5.88. The van der Waals surface area contributed by atoms with E-state index in [4.69, 9.17) is 35.3 Å². The summed E-state index contributed by atoms with van der Waals surface area (Å²) in [7, 11) is 4.56. The minimum Gasteiger partial charge on any atom is -0.495 e. The first kappa shape index (κ1) is 33.8. The number of allylic oxidation sites excluding steroid dienone is 3.